The average Bonchev–Trinajstić information content (AvgIpc) is 2.61. The second-order valence-electron chi connectivity index (χ2n) is 5.99. The lowest BCUT2D eigenvalue weighted by atomic mass is 9.55. The Hall–Kier alpha value is -1.88. The minimum Gasteiger partial charge on any atom is -0.481 e. The van der Waals surface area contributed by atoms with Crippen molar-refractivity contribution in [1.82, 2.24) is 0 Å². The highest BCUT2D eigenvalue weighted by molar-refractivity contribution is 6.12. The lowest BCUT2D eigenvalue weighted by molar-refractivity contribution is -0.237. The predicted octanol–water partition coefficient (Wildman–Crippen LogP) is -1.21. The van der Waals surface area contributed by atoms with Gasteiger partial charge in [0.15, 0.2) is 22.6 Å². The summed E-state index contributed by atoms with van der Waals surface area (Å²) in [5, 5.41) is 19.5. The second kappa shape index (κ2) is 8.67. The van der Waals surface area contributed by atoms with Gasteiger partial charge in [-0.1, -0.05) is 0 Å². The van der Waals surface area contributed by atoms with Crippen LogP contribution in [0.4, 0.5) is 0 Å². The molecule has 0 heterocycles. The summed E-state index contributed by atoms with van der Waals surface area (Å²) >= 11 is 0. The zero-order valence-corrected chi connectivity index (χ0v) is 14.9. The van der Waals surface area contributed by atoms with Crippen LogP contribution >= 0.6 is 0 Å². The van der Waals surface area contributed by atoms with E-state index in [1.807, 2.05) is 0 Å². The molecule has 1 saturated carbocycles. The SMILES string of the molecule is CCOC1C(C(=O)O)CCC(C(=O)O)(C(=O)CN)C1(OCC)C(=O)CN. The Balaban J connectivity index is 3.88. The number of hydrogen-bond donors (Lipinski definition) is 4. The molecule has 1 fully saturated rings. The van der Waals surface area contributed by atoms with E-state index in [1.54, 1.807) is 6.92 Å². The number of carboxylic acid groups (broad SMARTS) is 2. The molecule has 0 amide bonds. The Morgan fingerprint density at radius 2 is 1.62 bits per heavy atom. The molecule has 1 aliphatic rings. The number of nitrogens with two attached hydrogens (primary N) is 2. The van der Waals surface area contributed by atoms with Gasteiger partial charge in [-0.2, -0.15) is 0 Å². The minimum absolute atomic E-state index is 0.0202. The summed E-state index contributed by atoms with van der Waals surface area (Å²) in [6.07, 6.45) is -2.11. The van der Waals surface area contributed by atoms with Crippen molar-refractivity contribution in [3.8, 4) is 0 Å². The zero-order valence-electron chi connectivity index (χ0n) is 14.9. The summed E-state index contributed by atoms with van der Waals surface area (Å²) in [4.78, 5) is 49.6. The van der Waals surface area contributed by atoms with Gasteiger partial charge in [0.25, 0.3) is 0 Å². The molecule has 1 rings (SSSR count). The Kier molecular flexibility index (Phi) is 7.39. The first-order chi connectivity index (χ1) is 12.2. The van der Waals surface area contributed by atoms with Crippen LogP contribution in [0.5, 0.6) is 0 Å². The predicted molar refractivity (Wildman–Crippen MR) is 88.3 cm³/mol. The lowest BCUT2D eigenvalue weighted by Crippen LogP contribution is -2.75. The highest BCUT2D eigenvalue weighted by atomic mass is 16.6. The monoisotopic (exact) mass is 374 g/mol. The number of aliphatic carboxylic acids is 2. The molecule has 148 valence electrons. The standard InChI is InChI=1S/C16H26N2O8/c1-3-25-12-9(13(21)22)5-6-15(14(23)24,10(19)7-17)16(12,26-4-2)11(20)8-18/h9,12H,3-8,17-18H2,1-2H3,(H,21,22)(H,23,24). The molecule has 0 aromatic carbocycles. The lowest BCUT2D eigenvalue weighted by Gasteiger charge is -2.53. The first kappa shape index (κ1) is 22.2. The molecule has 6 N–H and O–H groups in total. The maximum absolute atomic E-state index is 12.9. The Labute approximate surface area is 150 Å². The summed E-state index contributed by atoms with van der Waals surface area (Å²) in [5.41, 5.74) is 6.17. The first-order valence-corrected chi connectivity index (χ1v) is 8.39. The molecule has 10 nitrogen and oxygen atoms in total. The first-order valence-electron chi connectivity index (χ1n) is 8.39. The van der Waals surface area contributed by atoms with E-state index in [0.717, 1.165) is 0 Å². The normalized spacial score (nSPS) is 31.4. The number of rotatable bonds is 10. The van der Waals surface area contributed by atoms with E-state index >= 15 is 0 Å². The molecule has 4 unspecified atom stereocenters. The summed E-state index contributed by atoms with van der Waals surface area (Å²) < 4.78 is 11.1. The maximum Gasteiger partial charge on any atom is 0.320 e. The molecule has 0 aliphatic heterocycles. The second-order valence-corrected chi connectivity index (χ2v) is 5.99. The summed E-state index contributed by atoms with van der Waals surface area (Å²) in [7, 11) is 0. The zero-order chi connectivity index (χ0) is 20.1. The fourth-order valence-corrected chi connectivity index (χ4v) is 3.87. The van der Waals surface area contributed by atoms with Gasteiger partial charge in [0.1, 0.15) is 6.10 Å². The van der Waals surface area contributed by atoms with E-state index in [2.05, 4.69) is 0 Å². The van der Waals surface area contributed by atoms with Gasteiger partial charge in [-0.3, -0.25) is 19.2 Å². The van der Waals surface area contributed by atoms with Crippen LogP contribution in [0.3, 0.4) is 0 Å². The summed E-state index contributed by atoms with van der Waals surface area (Å²) in [6, 6.07) is 0. The van der Waals surface area contributed by atoms with Crippen LogP contribution in [0.2, 0.25) is 0 Å². The van der Waals surface area contributed by atoms with Crippen LogP contribution in [0, 0.1) is 11.3 Å². The van der Waals surface area contributed by atoms with Crippen molar-refractivity contribution in [2.45, 2.75) is 38.4 Å². The van der Waals surface area contributed by atoms with Crippen LogP contribution in [0.25, 0.3) is 0 Å². The van der Waals surface area contributed by atoms with Crippen LogP contribution in [0.15, 0.2) is 0 Å². The van der Waals surface area contributed by atoms with E-state index in [4.69, 9.17) is 20.9 Å². The van der Waals surface area contributed by atoms with Gasteiger partial charge < -0.3 is 31.2 Å². The molecule has 10 heteroatoms. The van der Waals surface area contributed by atoms with Crippen molar-refractivity contribution in [3.63, 3.8) is 0 Å². The van der Waals surface area contributed by atoms with Gasteiger partial charge in [-0.25, -0.2) is 0 Å². The quantitative estimate of drug-likeness (QED) is 0.339. The third-order valence-corrected chi connectivity index (χ3v) is 4.89. The Morgan fingerprint density at radius 1 is 1.04 bits per heavy atom. The third-order valence-electron chi connectivity index (χ3n) is 4.89. The van der Waals surface area contributed by atoms with E-state index in [0.29, 0.717) is 0 Å². The minimum atomic E-state index is -2.38. The van der Waals surface area contributed by atoms with Crippen molar-refractivity contribution in [2.75, 3.05) is 26.3 Å². The molecule has 0 spiro atoms. The molecule has 26 heavy (non-hydrogen) atoms. The fraction of sp³-hybridized carbons (Fsp3) is 0.750. The van der Waals surface area contributed by atoms with Crippen molar-refractivity contribution in [3.05, 3.63) is 0 Å². The molecule has 0 aromatic heterocycles. The topological polar surface area (TPSA) is 179 Å². The van der Waals surface area contributed by atoms with Gasteiger partial charge in [-0.15, -0.1) is 0 Å². The third kappa shape index (κ3) is 3.13. The smallest absolute Gasteiger partial charge is 0.320 e. The van der Waals surface area contributed by atoms with E-state index in [9.17, 15) is 29.4 Å². The molecular weight excluding hydrogens is 348 g/mol. The highest BCUT2D eigenvalue weighted by Crippen LogP contribution is 2.51. The van der Waals surface area contributed by atoms with E-state index in [1.165, 1.54) is 6.92 Å². The molecule has 0 saturated heterocycles. The van der Waals surface area contributed by atoms with E-state index < -0.39 is 66.1 Å². The number of carboxylic acids is 2. The van der Waals surface area contributed by atoms with Gasteiger partial charge in [-0.05, 0) is 26.7 Å². The van der Waals surface area contributed by atoms with Crippen molar-refractivity contribution in [1.29, 1.82) is 0 Å². The summed E-state index contributed by atoms with van der Waals surface area (Å²) in [6.45, 7) is 1.57. The summed E-state index contributed by atoms with van der Waals surface area (Å²) in [5.74, 6) is -5.98. The van der Waals surface area contributed by atoms with Crippen molar-refractivity contribution in [2.24, 2.45) is 22.8 Å². The van der Waals surface area contributed by atoms with Gasteiger partial charge in [0.05, 0.1) is 19.0 Å². The van der Waals surface area contributed by atoms with Gasteiger partial charge in [0.2, 0.25) is 0 Å². The largest absolute Gasteiger partial charge is 0.481 e. The number of hydrogen-bond acceptors (Lipinski definition) is 8. The molecule has 0 bridgehead atoms. The molecule has 0 aromatic rings. The molecular formula is C16H26N2O8. The maximum atomic E-state index is 12.9. The number of ketones is 2. The van der Waals surface area contributed by atoms with Gasteiger partial charge >= 0.3 is 11.9 Å². The molecule has 0 radical (unpaired) electrons. The Morgan fingerprint density at radius 3 is 2.00 bits per heavy atom. The van der Waals surface area contributed by atoms with Crippen LogP contribution in [-0.4, -0.2) is 71.7 Å². The number of Topliss-reactive ketones (excluding diaryl/α,β-unsaturated/α-hetero) is 2. The molecule has 4 atom stereocenters. The van der Waals surface area contributed by atoms with Gasteiger partial charge in [0, 0.05) is 13.2 Å². The fourth-order valence-electron chi connectivity index (χ4n) is 3.87. The number of carbonyl (C=O) groups is 4. The number of carbonyl (C=O) groups excluding carboxylic acids is 2. The average molecular weight is 374 g/mol. The molecule has 1 aliphatic carbocycles. The van der Waals surface area contributed by atoms with Crippen LogP contribution in [-0.2, 0) is 28.7 Å². The van der Waals surface area contributed by atoms with Crippen LogP contribution < -0.4 is 11.5 Å². The highest BCUT2D eigenvalue weighted by Gasteiger charge is 2.73. The van der Waals surface area contributed by atoms with E-state index in [-0.39, 0.29) is 19.6 Å². The van der Waals surface area contributed by atoms with Crippen molar-refractivity contribution < 1.29 is 38.9 Å². The van der Waals surface area contributed by atoms with Crippen molar-refractivity contribution >= 4 is 23.5 Å². The Bertz CT molecular complexity index is 581. The van der Waals surface area contributed by atoms with Crippen LogP contribution in [0.1, 0.15) is 26.7 Å². The number of ether oxygens (including phenoxy) is 2.